The van der Waals surface area contributed by atoms with Crippen molar-refractivity contribution >= 4 is 9.84 Å². The molecule has 1 rings (SSSR count). The van der Waals surface area contributed by atoms with Crippen LogP contribution in [-0.4, -0.2) is 26.5 Å². The van der Waals surface area contributed by atoms with E-state index in [1.54, 1.807) is 0 Å². The molecule has 2 atom stereocenters. The molecule has 114 valence electrons. The summed E-state index contributed by atoms with van der Waals surface area (Å²) in [5.74, 6) is 0.167. The van der Waals surface area contributed by atoms with E-state index < -0.39 is 9.84 Å². The molecule has 3 nitrogen and oxygen atoms in total. The van der Waals surface area contributed by atoms with Gasteiger partial charge in [0.05, 0.1) is 5.75 Å². The number of sulfone groups is 1. The standard InChI is InChI=1S/C16H27NO2S/c1-13(12-20(5,18)19)17-15(11-16(2,3)4)14-9-7-6-8-10-14/h6-10,13,15,17H,11-12H2,1-5H3. The summed E-state index contributed by atoms with van der Waals surface area (Å²) in [5.41, 5.74) is 1.39. The highest BCUT2D eigenvalue weighted by Crippen LogP contribution is 2.29. The van der Waals surface area contributed by atoms with E-state index in [1.165, 1.54) is 11.8 Å². The van der Waals surface area contributed by atoms with Crippen LogP contribution >= 0.6 is 0 Å². The molecule has 0 aromatic heterocycles. The van der Waals surface area contributed by atoms with Crippen molar-refractivity contribution < 1.29 is 8.42 Å². The predicted octanol–water partition coefficient (Wildman–Crippen LogP) is 3.19. The second-order valence-electron chi connectivity index (χ2n) is 6.89. The second-order valence-corrected chi connectivity index (χ2v) is 9.07. The first-order valence-electron chi connectivity index (χ1n) is 7.05. The van der Waals surface area contributed by atoms with Crippen LogP contribution in [0.2, 0.25) is 0 Å². The minimum atomic E-state index is -2.96. The van der Waals surface area contributed by atoms with E-state index in [1.807, 2.05) is 25.1 Å². The van der Waals surface area contributed by atoms with Crippen LogP contribution < -0.4 is 5.32 Å². The quantitative estimate of drug-likeness (QED) is 0.877. The Morgan fingerprint density at radius 1 is 1.15 bits per heavy atom. The van der Waals surface area contributed by atoms with Gasteiger partial charge in [0.1, 0.15) is 9.84 Å². The van der Waals surface area contributed by atoms with E-state index in [9.17, 15) is 8.42 Å². The van der Waals surface area contributed by atoms with Crippen LogP contribution in [0.4, 0.5) is 0 Å². The Bertz CT molecular complexity index is 503. The Labute approximate surface area is 123 Å². The molecule has 0 bridgehead atoms. The molecule has 0 heterocycles. The van der Waals surface area contributed by atoms with Gasteiger partial charge >= 0.3 is 0 Å². The van der Waals surface area contributed by atoms with Gasteiger partial charge in [-0.15, -0.1) is 0 Å². The summed E-state index contributed by atoms with van der Waals surface area (Å²) in [6, 6.07) is 10.3. The molecule has 1 aromatic rings. The molecule has 0 aliphatic carbocycles. The first kappa shape index (κ1) is 17.2. The minimum Gasteiger partial charge on any atom is -0.306 e. The topological polar surface area (TPSA) is 46.2 Å². The molecule has 0 aliphatic rings. The molecule has 2 unspecified atom stereocenters. The first-order chi connectivity index (χ1) is 9.07. The summed E-state index contributed by atoms with van der Waals surface area (Å²) in [6.07, 6.45) is 2.25. The highest BCUT2D eigenvalue weighted by Gasteiger charge is 2.22. The van der Waals surface area contributed by atoms with Gasteiger partial charge in [-0.1, -0.05) is 51.1 Å². The van der Waals surface area contributed by atoms with Crippen LogP contribution in [0.5, 0.6) is 0 Å². The third-order valence-electron chi connectivity index (χ3n) is 3.06. The van der Waals surface area contributed by atoms with Gasteiger partial charge in [-0.3, -0.25) is 0 Å². The highest BCUT2D eigenvalue weighted by atomic mass is 32.2. The Morgan fingerprint density at radius 3 is 2.15 bits per heavy atom. The Kier molecular flexibility index (Phi) is 5.78. The van der Waals surface area contributed by atoms with Crippen molar-refractivity contribution in [1.29, 1.82) is 0 Å². The fourth-order valence-corrected chi connectivity index (χ4v) is 3.42. The number of benzene rings is 1. The van der Waals surface area contributed by atoms with Crippen LogP contribution in [0.15, 0.2) is 30.3 Å². The zero-order chi connectivity index (χ0) is 15.4. The van der Waals surface area contributed by atoms with Crippen LogP contribution in [0.25, 0.3) is 0 Å². The summed E-state index contributed by atoms with van der Waals surface area (Å²) in [4.78, 5) is 0. The molecule has 0 amide bonds. The lowest BCUT2D eigenvalue weighted by Gasteiger charge is -2.29. The minimum absolute atomic E-state index is 0.0578. The third-order valence-corrected chi connectivity index (χ3v) is 4.16. The average molecular weight is 297 g/mol. The molecule has 0 saturated carbocycles. The number of rotatable bonds is 6. The predicted molar refractivity (Wildman–Crippen MR) is 85.6 cm³/mol. The summed E-state index contributed by atoms with van der Waals surface area (Å²) in [5, 5.41) is 3.47. The SMILES string of the molecule is CC(CS(C)(=O)=O)NC(CC(C)(C)C)c1ccccc1. The fourth-order valence-electron chi connectivity index (χ4n) is 2.42. The fraction of sp³-hybridized carbons (Fsp3) is 0.625. The van der Waals surface area contributed by atoms with E-state index in [0.717, 1.165) is 6.42 Å². The molecule has 4 heteroatoms. The smallest absolute Gasteiger partial charge is 0.148 e. The van der Waals surface area contributed by atoms with Crippen LogP contribution in [0.1, 0.15) is 45.7 Å². The van der Waals surface area contributed by atoms with Crippen LogP contribution in [0.3, 0.4) is 0 Å². The number of nitrogens with one attached hydrogen (secondary N) is 1. The molecule has 0 radical (unpaired) electrons. The Hall–Kier alpha value is -0.870. The Balaban J connectivity index is 2.84. The number of hydrogen-bond donors (Lipinski definition) is 1. The van der Waals surface area contributed by atoms with Gasteiger partial charge in [0.2, 0.25) is 0 Å². The van der Waals surface area contributed by atoms with Gasteiger partial charge in [0.25, 0.3) is 0 Å². The second kappa shape index (κ2) is 6.72. The lowest BCUT2D eigenvalue weighted by Crippen LogP contribution is -2.37. The van der Waals surface area contributed by atoms with Gasteiger partial charge in [-0.05, 0) is 24.3 Å². The molecule has 0 spiro atoms. The van der Waals surface area contributed by atoms with Crippen LogP contribution in [-0.2, 0) is 9.84 Å². The third kappa shape index (κ3) is 7.06. The van der Waals surface area contributed by atoms with Gasteiger partial charge in [0, 0.05) is 18.3 Å². The monoisotopic (exact) mass is 297 g/mol. The molecule has 0 aliphatic heterocycles. The zero-order valence-electron chi connectivity index (χ0n) is 13.2. The molecule has 0 fully saturated rings. The van der Waals surface area contributed by atoms with Crippen molar-refractivity contribution in [1.82, 2.24) is 5.32 Å². The van der Waals surface area contributed by atoms with Gasteiger partial charge in [-0.2, -0.15) is 0 Å². The van der Waals surface area contributed by atoms with E-state index in [2.05, 4.69) is 38.2 Å². The largest absolute Gasteiger partial charge is 0.306 e. The van der Waals surface area contributed by atoms with Crippen LogP contribution in [0, 0.1) is 5.41 Å². The van der Waals surface area contributed by atoms with E-state index in [0.29, 0.717) is 0 Å². The van der Waals surface area contributed by atoms with Crippen molar-refractivity contribution in [3.8, 4) is 0 Å². The average Bonchev–Trinajstić information content (AvgIpc) is 2.25. The molecule has 0 saturated heterocycles. The molecular weight excluding hydrogens is 270 g/mol. The summed E-state index contributed by atoms with van der Waals surface area (Å²) in [6.45, 7) is 8.53. The van der Waals surface area contributed by atoms with E-state index in [4.69, 9.17) is 0 Å². The number of hydrogen-bond acceptors (Lipinski definition) is 3. The van der Waals surface area contributed by atoms with Gasteiger partial charge < -0.3 is 5.32 Å². The molecule has 20 heavy (non-hydrogen) atoms. The van der Waals surface area contributed by atoms with Crippen molar-refractivity contribution in [2.45, 2.75) is 46.2 Å². The first-order valence-corrected chi connectivity index (χ1v) is 9.11. The lowest BCUT2D eigenvalue weighted by molar-refractivity contribution is 0.301. The van der Waals surface area contributed by atoms with Crippen molar-refractivity contribution in [2.24, 2.45) is 5.41 Å². The van der Waals surface area contributed by atoms with Crippen molar-refractivity contribution in [3.63, 3.8) is 0 Å². The van der Waals surface area contributed by atoms with E-state index in [-0.39, 0.29) is 23.3 Å². The van der Waals surface area contributed by atoms with Crippen molar-refractivity contribution in [3.05, 3.63) is 35.9 Å². The van der Waals surface area contributed by atoms with E-state index >= 15 is 0 Å². The van der Waals surface area contributed by atoms with Crippen molar-refractivity contribution in [2.75, 3.05) is 12.0 Å². The maximum atomic E-state index is 11.4. The highest BCUT2D eigenvalue weighted by molar-refractivity contribution is 7.90. The molecule has 1 N–H and O–H groups in total. The molecule has 1 aromatic carbocycles. The van der Waals surface area contributed by atoms with Gasteiger partial charge in [0.15, 0.2) is 0 Å². The molecular formula is C16H27NO2S. The Morgan fingerprint density at radius 2 is 1.70 bits per heavy atom. The summed E-state index contributed by atoms with van der Waals surface area (Å²) >= 11 is 0. The summed E-state index contributed by atoms with van der Waals surface area (Å²) < 4.78 is 22.8. The van der Waals surface area contributed by atoms with Gasteiger partial charge in [-0.25, -0.2) is 8.42 Å². The lowest BCUT2D eigenvalue weighted by atomic mass is 9.85. The maximum absolute atomic E-state index is 11.4. The summed E-state index contributed by atoms with van der Waals surface area (Å²) in [7, 11) is -2.96. The normalized spacial score (nSPS) is 15.8. The maximum Gasteiger partial charge on any atom is 0.148 e. The zero-order valence-corrected chi connectivity index (χ0v) is 14.0.